The summed E-state index contributed by atoms with van der Waals surface area (Å²) in [6.45, 7) is 4.12. The molecule has 0 fully saturated rings. The van der Waals surface area contributed by atoms with Crippen LogP contribution in [0, 0.1) is 13.8 Å². The van der Waals surface area contributed by atoms with Gasteiger partial charge < -0.3 is 0 Å². The molecule has 0 saturated carbocycles. The first-order chi connectivity index (χ1) is 27.7. The number of halogens is 3. The third-order valence-electron chi connectivity index (χ3n) is 10.2. The van der Waals surface area contributed by atoms with E-state index in [1.165, 1.54) is 6.07 Å². The summed E-state index contributed by atoms with van der Waals surface area (Å²) < 4.78 is 48.4. The van der Waals surface area contributed by atoms with Crippen LogP contribution in [0.5, 0.6) is 0 Å². The second-order valence-electron chi connectivity index (χ2n) is 14.2. The normalized spacial score (nSPS) is 11.9. The number of aryl methyl sites for hydroxylation is 2. The molecule has 0 aliphatic heterocycles. The van der Waals surface area contributed by atoms with Gasteiger partial charge in [-0.1, -0.05) is 54.6 Å². The number of imidazole rings is 3. The van der Waals surface area contributed by atoms with Crippen LogP contribution in [0.1, 0.15) is 16.7 Å². The van der Waals surface area contributed by atoms with Crippen molar-refractivity contribution in [1.29, 1.82) is 0 Å². The Balaban J connectivity index is 1.31. The molecule has 276 valence electrons. The van der Waals surface area contributed by atoms with Gasteiger partial charge in [-0.15, -0.1) is 0 Å². The van der Waals surface area contributed by atoms with E-state index in [0.717, 1.165) is 67.8 Å². The first-order valence-electron chi connectivity index (χ1n) is 18.5. The molecule has 6 aromatic carbocycles. The average molecular weight is 752 g/mol. The highest BCUT2D eigenvalue weighted by Gasteiger charge is 2.31. The van der Waals surface area contributed by atoms with Gasteiger partial charge in [-0.25, -0.2) is 19.9 Å². The predicted molar refractivity (Wildman–Crippen MR) is 219 cm³/mol. The lowest BCUT2D eigenvalue weighted by atomic mass is 10.0. The number of pyridine rings is 1. The van der Waals surface area contributed by atoms with Crippen LogP contribution in [0.3, 0.4) is 0 Å². The van der Waals surface area contributed by atoms with E-state index in [0.29, 0.717) is 34.2 Å². The number of fused-ring (bicyclic) bond motifs is 3. The molecule has 0 radical (unpaired) electrons. The average Bonchev–Trinajstić information content (AvgIpc) is 3.93. The van der Waals surface area contributed by atoms with E-state index in [4.69, 9.17) is 15.0 Å². The molecule has 0 unspecified atom stereocenters. The van der Waals surface area contributed by atoms with Crippen molar-refractivity contribution in [2.24, 2.45) is 0 Å². The fourth-order valence-electron chi connectivity index (χ4n) is 7.68. The highest BCUT2D eigenvalue weighted by atomic mass is 19.4. The van der Waals surface area contributed by atoms with Crippen LogP contribution in [-0.4, -0.2) is 33.6 Å². The van der Waals surface area contributed by atoms with Crippen molar-refractivity contribution in [2.75, 3.05) is 0 Å². The summed E-state index contributed by atoms with van der Waals surface area (Å²) >= 11 is 0. The fourth-order valence-corrected chi connectivity index (χ4v) is 7.68. The summed E-state index contributed by atoms with van der Waals surface area (Å²) in [7, 11) is 0. The summed E-state index contributed by atoms with van der Waals surface area (Å²) in [6.07, 6.45) is -2.93. The summed E-state index contributed by atoms with van der Waals surface area (Å²) in [5.74, 6) is 1.79. The monoisotopic (exact) mass is 751 g/mol. The van der Waals surface area contributed by atoms with Gasteiger partial charge in [0, 0.05) is 39.9 Å². The van der Waals surface area contributed by atoms with E-state index in [2.05, 4.69) is 82.6 Å². The zero-order valence-electron chi connectivity index (χ0n) is 30.8. The van der Waals surface area contributed by atoms with Crippen LogP contribution in [0.2, 0.25) is 0 Å². The Morgan fingerprint density at radius 2 is 0.895 bits per heavy atom. The number of hydrogen-bond acceptors (Lipinski definition) is 4. The van der Waals surface area contributed by atoms with Gasteiger partial charge in [0.1, 0.15) is 23.0 Å². The number of para-hydroxylation sites is 4. The standard InChI is InChI=1S/C47H32F3N7/c1-29-11-7-14-35(23-29)55-41-20-5-3-17-38(41)52-43(55)31-25-32(44-53-39-18-4-6-21-42(39)56(44)36-15-8-12-30(2)24-36)27-33(26-31)45-54-40-19-10-22-51-46(40)57(45)37-16-9-13-34(28-37)47(48,49)50/h3-28H,1-2H3. The van der Waals surface area contributed by atoms with Crippen LogP contribution in [0.4, 0.5) is 13.2 Å². The van der Waals surface area contributed by atoms with Crippen molar-refractivity contribution in [3.63, 3.8) is 0 Å². The summed E-state index contributed by atoms with van der Waals surface area (Å²) in [6, 6.07) is 47.5. The lowest BCUT2D eigenvalue weighted by molar-refractivity contribution is -0.137. The minimum absolute atomic E-state index is 0.284. The molecule has 4 aromatic heterocycles. The van der Waals surface area contributed by atoms with Crippen molar-refractivity contribution in [1.82, 2.24) is 33.6 Å². The van der Waals surface area contributed by atoms with Crippen LogP contribution in [0.25, 0.3) is 84.5 Å². The minimum atomic E-state index is -4.54. The topological polar surface area (TPSA) is 66.3 Å². The minimum Gasteiger partial charge on any atom is -0.292 e. The van der Waals surface area contributed by atoms with Crippen molar-refractivity contribution < 1.29 is 13.2 Å². The third kappa shape index (κ3) is 5.93. The van der Waals surface area contributed by atoms with E-state index in [1.807, 2.05) is 66.7 Å². The molecule has 0 bridgehead atoms. The number of aromatic nitrogens is 7. The Bertz CT molecular complexity index is 3030. The van der Waals surface area contributed by atoms with Crippen molar-refractivity contribution in [3.8, 4) is 51.2 Å². The van der Waals surface area contributed by atoms with E-state index in [-0.39, 0.29) is 5.69 Å². The molecule has 0 atom stereocenters. The first-order valence-corrected chi connectivity index (χ1v) is 18.5. The number of benzene rings is 6. The molecular formula is C47H32F3N7. The molecule has 0 aliphatic carbocycles. The molecule has 10 aromatic rings. The molecule has 0 aliphatic rings. The first kappa shape index (κ1) is 34.2. The van der Waals surface area contributed by atoms with E-state index >= 15 is 0 Å². The SMILES string of the molecule is Cc1cccc(-n2c(-c3cc(-c4nc5ccccc5n4-c4cccc(C)c4)cc(-c4nc5cccnc5n4-c4cccc(C(F)(F)F)c4)c3)nc3ccccc32)c1. The quantitative estimate of drug-likeness (QED) is 0.170. The highest BCUT2D eigenvalue weighted by molar-refractivity contribution is 5.89. The molecule has 10 rings (SSSR count). The van der Waals surface area contributed by atoms with Gasteiger partial charge in [0.05, 0.1) is 27.6 Å². The molecule has 4 heterocycles. The van der Waals surface area contributed by atoms with Crippen molar-refractivity contribution >= 4 is 33.2 Å². The van der Waals surface area contributed by atoms with Crippen molar-refractivity contribution in [3.05, 3.63) is 175 Å². The van der Waals surface area contributed by atoms with Gasteiger partial charge in [-0.3, -0.25) is 13.7 Å². The lowest BCUT2D eigenvalue weighted by Crippen LogP contribution is -2.07. The number of alkyl halides is 3. The van der Waals surface area contributed by atoms with Crippen molar-refractivity contribution in [2.45, 2.75) is 20.0 Å². The van der Waals surface area contributed by atoms with Gasteiger partial charge in [0.15, 0.2) is 5.65 Å². The Morgan fingerprint density at radius 3 is 1.42 bits per heavy atom. The number of nitrogens with zero attached hydrogens (tertiary/aromatic N) is 7. The van der Waals surface area contributed by atoms with Gasteiger partial charge in [0.2, 0.25) is 0 Å². The van der Waals surface area contributed by atoms with Crippen LogP contribution < -0.4 is 0 Å². The molecule has 0 saturated heterocycles. The van der Waals surface area contributed by atoms with Gasteiger partial charge in [-0.2, -0.15) is 13.2 Å². The maximum atomic E-state index is 14.2. The molecule has 0 amide bonds. The molecule has 57 heavy (non-hydrogen) atoms. The van der Waals surface area contributed by atoms with Crippen LogP contribution in [0.15, 0.2) is 158 Å². The Kier molecular flexibility index (Phi) is 7.89. The van der Waals surface area contributed by atoms with E-state index in [1.54, 1.807) is 22.9 Å². The van der Waals surface area contributed by atoms with Crippen LogP contribution >= 0.6 is 0 Å². The highest BCUT2D eigenvalue weighted by Crippen LogP contribution is 2.39. The third-order valence-corrected chi connectivity index (χ3v) is 10.2. The van der Waals surface area contributed by atoms with E-state index < -0.39 is 11.7 Å². The zero-order valence-corrected chi connectivity index (χ0v) is 30.8. The molecule has 0 N–H and O–H groups in total. The largest absolute Gasteiger partial charge is 0.416 e. The molecular weight excluding hydrogens is 720 g/mol. The molecule has 7 nitrogen and oxygen atoms in total. The molecule has 0 spiro atoms. The summed E-state index contributed by atoms with van der Waals surface area (Å²) in [5.41, 5.74) is 10.2. The Hall–Kier alpha value is -7.33. The van der Waals surface area contributed by atoms with Gasteiger partial charge in [-0.05, 0) is 122 Å². The predicted octanol–water partition coefficient (Wildman–Crippen LogP) is 11.7. The Labute approximate surface area is 325 Å². The Morgan fingerprint density at radius 1 is 0.439 bits per heavy atom. The zero-order chi connectivity index (χ0) is 38.8. The maximum Gasteiger partial charge on any atom is 0.416 e. The smallest absolute Gasteiger partial charge is 0.292 e. The summed E-state index contributed by atoms with van der Waals surface area (Å²) in [4.78, 5) is 20.1. The van der Waals surface area contributed by atoms with Gasteiger partial charge >= 0.3 is 6.18 Å². The fraction of sp³-hybridized carbons (Fsp3) is 0.0638. The van der Waals surface area contributed by atoms with Crippen LogP contribution in [-0.2, 0) is 6.18 Å². The number of hydrogen-bond donors (Lipinski definition) is 0. The van der Waals surface area contributed by atoms with Gasteiger partial charge in [0.25, 0.3) is 0 Å². The second kappa shape index (κ2) is 13.2. The maximum absolute atomic E-state index is 14.2. The second-order valence-corrected chi connectivity index (χ2v) is 14.2. The molecule has 10 heteroatoms. The number of rotatable bonds is 6. The lowest BCUT2D eigenvalue weighted by Gasteiger charge is -2.16. The van der Waals surface area contributed by atoms with E-state index in [9.17, 15) is 13.2 Å². The summed E-state index contributed by atoms with van der Waals surface area (Å²) in [5, 5.41) is 0.